The minimum atomic E-state index is 0.0303. The minimum absolute atomic E-state index is 0.0303. The van der Waals surface area contributed by atoms with Crippen molar-refractivity contribution in [1.82, 2.24) is 0 Å². The molecule has 2 heteroatoms. The van der Waals surface area contributed by atoms with Crippen molar-refractivity contribution in [3.63, 3.8) is 0 Å². The van der Waals surface area contributed by atoms with Crippen molar-refractivity contribution < 1.29 is 9.59 Å². The molecule has 0 bridgehead atoms. The second kappa shape index (κ2) is 5.19. The molecular formula is C20H22O2. The fourth-order valence-electron chi connectivity index (χ4n) is 4.67. The van der Waals surface area contributed by atoms with Crippen LogP contribution < -0.4 is 0 Å². The Balaban J connectivity index is 1.74. The SMILES string of the molecule is CC(=O)c1ccc2c(c1)C(=O)C1=CC3CCCCC3CC1C2. The van der Waals surface area contributed by atoms with Gasteiger partial charge in [-0.1, -0.05) is 31.1 Å². The fourth-order valence-corrected chi connectivity index (χ4v) is 4.67. The van der Waals surface area contributed by atoms with Crippen LogP contribution >= 0.6 is 0 Å². The van der Waals surface area contributed by atoms with Crippen LogP contribution in [0.3, 0.4) is 0 Å². The number of hydrogen-bond acceptors (Lipinski definition) is 2. The quantitative estimate of drug-likeness (QED) is 0.720. The van der Waals surface area contributed by atoms with E-state index >= 15 is 0 Å². The molecule has 3 aliphatic rings. The van der Waals surface area contributed by atoms with Gasteiger partial charge in [0.15, 0.2) is 11.6 Å². The monoisotopic (exact) mass is 294 g/mol. The summed E-state index contributed by atoms with van der Waals surface area (Å²) < 4.78 is 0. The van der Waals surface area contributed by atoms with E-state index in [0.717, 1.165) is 29.0 Å². The molecule has 1 saturated carbocycles. The largest absolute Gasteiger partial charge is 0.295 e. The van der Waals surface area contributed by atoms with E-state index in [1.54, 1.807) is 6.92 Å². The van der Waals surface area contributed by atoms with E-state index in [-0.39, 0.29) is 11.6 Å². The lowest BCUT2D eigenvalue weighted by Gasteiger charge is -2.40. The summed E-state index contributed by atoms with van der Waals surface area (Å²) in [7, 11) is 0. The van der Waals surface area contributed by atoms with Crippen molar-refractivity contribution in [2.45, 2.75) is 45.4 Å². The highest BCUT2D eigenvalue weighted by molar-refractivity contribution is 6.12. The Morgan fingerprint density at radius 2 is 2.00 bits per heavy atom. The van der Waals surface area contributed by atoms with Crippen LogP contribution in [0.15, 0.2) is 29.8 Å². The zero-order valence-corrected chi connectivity index (χ0v) is 13.1. The topological polar surface area (TPSA) is 34.1 Å². The maximum atomic E-state index is 12.9. The number of fused-ring (bicyclic) bond motifs is 3. The van der Waals surface area contributed by atoms with Crippen LogP contribution in [0.25, 0.3) is 0 Å². The minimum Gasteiger partial charge on any atom is -0.295 e. The van der Waals surface area contributed by atoms with Crippen LogP contribution in [0.5, 0.6) is 0 Å². The first-order valence-electron chi connectivity index (χ1n) is 8.54. The lowest BCUT2D eigenvalue weighted by molar-refractivity contribution is 0.0989. The van der Waals surface area contributed by atoms with Crippen molar-refractivity contribution in [2.24, 2.45) is 17.8 Å². The van der Waals surface area contributed by atoms with E-state index < -0.39 is 0 Å². The molecule has 1 aromatic rings. The predicted octanol–water partition coefficient (Wildman–Crippen LogP) is 4.38. The molecule has 0 aromatic heterocycles. The molecule has 3 aliphatic carbocycles. The smallest absolute Gasteiger partial charge is 0.189 e. The summed E-state index contributed by atoms with van der Waals surface area (Å²) in [4.78, 5) is 24.5. The van der Waals surface area contributed by atoms with E-state index in [9.17, 15) is 9.59 Å². The van der Waals surface area contributed by atoms with Crippen LogP contribution in [0, 0.1) is 17.8 Å². The average molecular weight is 294 g/mol. The second-order valence-electron chi connectivity index (χ2n) is 7.22. The van der Waals surface area contributed by atoms with Crippen molar-refractivity contribution in [3.8, 4) is 0 Å². The molecule has 0 aliphatic heterocycles. The maximum Gasteiger partial charge on any atom is 0.189 e. The number of carbonyl (C=O) groups is 2. The average Bonchev–Trinajstić information content (AvgIpc) is 2.53. The maximum absolute atomic E-state index is 12.9. The number of carbonyl (C=O) groups excluding carboxylic acids is 2. The van der Waals surface area contributed by atoms with Gasteiger partial charge in [0.1, 0.15) is 0 Å². The van der Waals surface area contributed by atoms with E-state index in [2.05, 4.69) is 6.08 Å². The molecule has 3 unspecified atom stereocenters. The number of hydrogen-bond donors (Lipinski definition) is 0. The molecule has 1 aromatic carbocycles. The molecular weight excluding hydrogens is 272 g/mol. The van der Waals surface area contributed by atoms with E-state index in [1.807, 2.05) is 18.2 Å². The highest BCUT2D eigenvalue weighted by atomic mass is 16.1. The Hall–Kier alpha value is -1.70. The first kappa shape index (κ1) is 13.9. The Kier molecular flexibility index (Phi) is 3.28. The van der Waals surface area contributed by atoms with Crippen LogP contribution in [0.4, 0.5) is 0 Å². The van der Waals surface area contributed by atoms with Crippen molar-refractivity contribution in [3.05, 3.63) is 46.5 Å². The Labute approximate surface area is 131 Å². The summed E-state index contributed by atoms with van der Waals surface area (Å²) >= 11 is 0. The highest BCUT2D eigenvalue weighted by Gasteiger charge is 2.38. The lowest BCUT2D eigenvalue weighted by Crippen LogP contribution is -2.33. The molecule has 3 atom stereocenters. The van der Waals surface area contributed by atoms with Gasteiger partial charge in [-0.25, -0.2) is 0 Å². The summed E-state index contributed by atoms with van der Waals surface area (Å²) in [5.74, 6) is 2.01. The molecule has 0 N–H and O–H groups in total. The van der Waals surface area contributed by atoms with Gasteiger partial charge in [0.05, 0.1) is 0 Å². The first-order valence-corrected chi connectivity index (χ1v) is 8.54. The van der Waals surface area contributed by atoms with Crippen molar-refractivity contribution in [1.29, 1.82) is 0 Å². The number of rotatable bonds is 1. The normalized spacial score (nSPS) is 30.0. The van der Waals surface area contributed by atoms with E-state index in [4.69, 9.17) is 0 Å². The Morgan fingerprint density at radius 3 is 2.82 bits per heavy atom. The fraction of sp³-hybridized carbons (Fsp3) is 0.500. The summed E-state index contributed by atoms with van der Waals surface area (Å²) in [5, 5.41) is 0. The highest BCUT2D eigenvalue weighted by Crippen LogP contribution is 2.45. The Morgan fingerprint density at radius 1 is 1.18 bits per heavy atom. The van der Waals surface area contributed by atoms with E-state index in [1.165, 1.54) is 32.1 Å². The summed E-state index contributed by atoms with van der Waals surface area (Å²) in [6, 6.07) is 5.67. The van der Waals surface area contributed by atoms with Gasteiger partial charge in [0, 0.05) is 11.1 Å². The summed E-state index contributed by atoms with van der Waals surface area (Å²) in [5.41, 5.74) is 3.59. The molecule has 0 saturated heterocycles. The summed E-state index contributed by atoms with van der Waals surface area (Å²) in [6.45, 7) is 1.56. The zero-order chi connectivity index (χ0) is 15.3. The molecule has 0 spiro atoms. The second-order valence-corrected chi connectivity index (χ2v) is 7.22. The van der Waals surface area contributed by atoms with Gasteiger partial charge in [-0.3, -0.25) is 9.59 Å². The third-order valence-corrected chi connectivity index (χ3v) is 5.88. The Bertz CT molecular complexity index is 683. The first-order chi connectivity index (χ1) is 10.6. The third-order valence-electron chi connectivity index (χ3n) is 5.88. The molecule has 4 rings (SSSR count). The van der Waals surface area contributed by atoms with Crippen molar-refractivity contribution >= 4 is 11.6 Å². The van der Waals surface area contributed by atoms with Crippen LogP contribution in [0.2, 0.25) is 0 Å². The van der Waals surface area contributed by atoms with Gasteiger partial charge < -0.3 is 0 Å². The molecule has 114 valence electrons. The molecule has 2 nitrogen and oxygen atoms in total. The van der Waals surface area contributed by atoms with Crippen LogP contribution in [-0.4, -0.2) is 11.6 Å². The summed E-state index contributed by atoms with van der Waals surface area (Å²) in [6.07, 6.45) is 9.66. The van der Waals surface area contributed by atoms with Crippen LogP contribution in [-0.2, 0) is 6.42 Å². The molecule has 0 amide bonds. The molecule has 0 heterocycles. The number of allylic oxidation sites excluding steroid dienone is 2. The van der Waals surface area contributed by atoms with Gasteiger partial charge in [-0.15, -0.1) is 0 Å². The van der Waals surface area contributed by atoms with Gasteiger partial charge in [0.2, 0.25) is 0 Å². The molecule has 22 heavy (non-hydrogen) atoms. The predicted molar refractivity (Wildman–Crippen MR) is 86.1 cm³/mol. The lowest BCUT2D eigenvalue weighted by atomic mass is 9.64. The van der Waals surface area contributed by atoms with Crippen molar-refractivity contribution in [2.75, 3.05) is 0 Å². The molecule has 0 radical (unpaired) electrons. The number of Topliss-reactive ketones (excluding diaryl/α,β-unsaturated/α-hetero) is 2. The molecule has 1 fully saturated rings. The van der Waals surface area contributed by atoms with E-state index in [0.29, 0.717) is 17.4 Å². The standard InChI is InChI=1S/C20H22O2/c1-12(21)13-6-7-16-9-17-8-14-4-2-3-5-15(14)11-19(17)20(22)18(16)10-13/h6-7,10-11,14-15,17H,2-5,8-9H2,1H3. The van der Waals surface area contributed by atoms with Gasteiger partial charge in [-0.2, -0.15) is 0 Å². The van der Waals surface area contributed by atoms with Gasteiger partial charge >= 0.3 is 0 Å². The number of benzene rings is 1. The number of ketones is 2. The van der Waals surface area contributed by atoms with Crippen LogP contribution in [0.1, 0.15) is 65.3 Å². The third kappa shape index (κ3) is 2.16. The zero-order valence-electron chi connectivity index (χ0n) is 13.1. The van der Waals surface area contributed by atoms with Gasteiger partial charge in [0.25, 0.3) is 0 Å². The van der Waals surface area contributed by atoms with Gasteiger partial charge in [-0.05, 0) is 67.6 Å².